The quantitative estimate of drug-likeness (QED) is 0.149. The van der Waals surface area contributed by atoms with Crippen molar-refractivity contribution in [1.82, 2.24) is 29.9 Å². The lowest BCUT2D eigenvalue weighted by atomic mass is 9.91. The lowest BCUT2D eigenvalue weighted by Crippen LogP contribution is -2.36. The SMILES string of the molecule is CC(C)N(C)c1nc(N2CCCCC2c2ccccc2C(F)(F)F)c2cccnc2n1.CC(C)Nc1nc(N2CCCCC2c2ccccc2C(F)(F)F)c2cccnc2n1. The Kier molecular flexibility index (Phi) is 12.8. The zero-order chi connectivity index (χ0) is 43.5. The Balaban J connectivity index is 0.000000184. The van der Waals surface area contributed by atoms with Crippen LogP contribution in [0.15, 0.2) is 85.2 Å². The summed E-state index contributed by atoms with van der Waals surface area (Å²) in [4.78, 5) is 33.4. The van der Waals surface area contributed by atoms with Crippen LogP contribution in [0.25, 0.3) is 22.1 Å². The number of pyridine rings is 2. The van der Waals surface area contributed by atoms with E-state index >= 15 is 0 Å². The molecule has 0 aliphatic carbocycles. The van der Waals surface area contributed by atoms with Gasteiger partial charge in [-0.2, -0.15) is 46.3 Å². The highest BCUT2D eigenvalue weighted by molar-refractivity contribution is 5.89. The van der Waals surface area contributed by atoms with Crippen molar-refractivity contribution in [1.29, 1.82) is 0 Å². The summed E-state index contributed by atoms with van der Waals surface area (Å²) in [5.41, 5.74) is 0.493. The number of fused-ring (bicyclic) bond motifs is 2. The number of hydrogen-bond donors (Lipinski definition) is 1. The molecule has 6 aromatic rings. The van der Waals surface area contributed by atoms with Gasteiger partial charge in [0, 0.05) is 44.6 Å². The summed E-state index contributed by atoms with van der Waals surface area (Å²) in [5, 5.41) is 4.69. The van der Waals surface area contributed by atoms with Crippen molar-refractivity contribution in [2.75, 3.05) is 40.2 Å². The Morgan fingerprint density at radius 3 is 1.56 bits per heavy atom. The highest BCUT2D eigenvalue weighted by atomic mass is 19.4. The fourth-order valence-electron chi connectivity index (χ4n) is 8.14. The maximum atomic E-state index is 13.8. The van der Waals surface area contributed by atoms with Crippen LogP contribution in [0.2, 0.25) is 0 Å². The third-order valence-corrected chi connectivity index (χ3v) is 11.2. The number of anilines is 4. The van der Waals surface area contributed by atoms with Gasteiger partial charge in [0.2, 0.25) is 11.9 Å². The van der Waals surface area contributed by atoms with E-state index in [-0.39, 0.29) is 12.1 Å². The van der Waals surface area contributed by atoms with Gasteiger partial charge in [-0.3, -0.25) is 0 Å². The smallest absolute Gasteiger partial charge is 0.352 e. The second kappa shape index (κ2) is 18.0. The zero-order valence-electron chi connectivity index (χ0n) is 34.8. The molecular formula is C45H50F6N10. The van der Waals surface area contributed by atoms with Gasteiger partial charge in [0.1, 0.15) is 11.6 Å². The summed E-state index contributed by atoms with van der Waals surface area (Å²) in [7, 11) is 1.91. The molecule has 10 nitrogen and oxygen atoms in total. The van der Waals surface area contributed by atoms with Crippen molar-refractivity contribution in [3.05, 3.63) is 107 Å². The molecule has 2 aliphatic heterocycles. The Morgan fingerprint density at radius 1 is 0.607 bits per heavy atom. The van der Waals surface area contributed by atoms with Gasteiger partial charge in [-0.25, -0.2) is 9.97 Å². The first kappa shape index (κ1) is 43.3. The topological polar surface area (TPSA) is 99.1 Å². The van der Waals surface area contributed by atoms with E-state index in [0.717, 1.165) is 42.5 Å². The van der Waals surface area contributed by atoms with Crippen LogP contribution in [-0.2, 0) is 12.4 Å². The van der Waals surface area contributed by atoms with E-state index in [0.29, 0.717) is 71.9 Å². The molecule has 2 saturated heterocycles. The summed E-state index contributed by atoms with van der Waals surface area (Å²) < 4.78 is 82.5. The van der Waals surface area contributed by atoms with Gasteiger partial charge in [-0.05, 0) is 114 Å². The molecule has 16 heteroatoms. The molecule has 322 valence electrons. The summed E-state index contributed by atoms with van der Waals surface area (Å²) >= 11 is 0. The largest absolute Gasteiger partial charge is 0.416 e. The first-order valence-corrected chi connectivity index (χ1v) is 20.7. The van der Waals surface area contributed by atoms with Crippen LogP contribution in [0.5, 0.6) is 0 Å². The van der Waals surface area contributed by atoms with Crippen LogP contribution in [0.4, 0.5) is 49.9 Å². The van der Waals surface area contributed by atoms with Crippen molar-refractivity contribution in [2.24, 2.45) is 0 Å². The number of nitrogens with one attached hydrogen (secondary N) is 1. The first-order valence-electron chi connectivity index (χ1n) is 20.7. The summed E-state index contributed by atoms with van der Waals surface area (Å²) in [5.74, 6) is 2.21. The van der Waals surface area contributed by atoms with E-state index in [4.69, 9.17) is 9.97 Å². The molecule has 8 rings (SSSR count). The zero-order valence-corrected chi connectivity index (χ0v) is 34.8. The molecule has 1 N–H and O–H groups in total. The molecule has 0 bridgehead atoms. The lowest BCUT2D eigenvalue weighted by molar-refractivity contribution is -0.139. The minimum absolute atomic E-state index is 0.113. The number of rotatable bonds is 8. The molecular weight excluding hydrogens is 795 g/mol. The molecule has 2 fully saturated rings. The van der Waals surface area contributed by atoms with Crippen molar-refractivity contribution in [2.45, 2.75) is 103 Å². The maximum absolute atomic E-state index is 13.8. The average Bonchev–Trinajstić information content (AvgIpc) is 3.25. The number of piperidine rings is 2. The van der Waals surface area contributed by atoms with Gasteiger partial charge in [-0.15, -0.1) is 0 Å². The van der Waals surface area contributed by atoms with E-state index in [9.17, 15) is 26.3 Å². The molecule has 61 heavy (non-hydrogen) atoms. The van der Waals surface area contributed by atoms with Crippen LogP contribution < -0.4 is 20.0 Å². The van der Waals surface area contributed by atoms with E-state index in [2.05, 4.69) is 25.3 Å². The minimum Gasteiger partial charge on any atom is -0.352 e. The monoisotopic (exact) mass is 844 g/mol. The Hall–Kier alpha value is -5.80. The van der Waals surface area contributed by atoms with Gasteiger partial charge in [0.25, 0.3) is 0 Å². The number of benzene rings is 2. The fraction of sp³-hybridized carbons (Fsp3) is 0.422. The number of alkyl halides is 6. The molecule has 2 unspecified atom stereocenters. The molecule has 2 aliphatic rings. The number of aromatic nitrogens is 6. The van der Waals surface area contributed by atoms with E-state index < -0.39 is 35.6 Å². The molecule has 6 heterocycles. The second-order valence-corrected chi connectivity index (χ2v) is 16.1. The van der Waals surface area contributed by atoms with Crippen LogP contribution >= 0.6 is 0 Å². The van der Waals surface area contributed by atoms with E-state index in [1.807, 2.05) is 67.6 Å². The molecule has 0 saturated carbocycles. The molecule has 2 aromatic carbocycles. The summed E-state index contributed by atoms with van der Waals surface area (Å²) in [6, 6.07) is 18.5. The van der Waals surface area contributed by atoms with Crippen LogP contribution in [0.3, 0.4) is 0 Å². The van der Waals surface area contributed by atoms with Gasteiger partial charge in [0.05, 0.1) is 34.0 Å². The number of halogens is 6. The van der Waals surface area contributed by atoms with Crippen molar-refractivity contribution in [3.63, 3.8) is 0 Å². The highest BCUT2D eigenvalue weighted by Gasteiger charge is 2.39. The predicted molar refractivity (Wildman–Crippen MR) is 228 cm³/mol. The Labute approximate surface area is 351 Å². The van der Waals surface area contributed by atoms with Gasteiger partial charge < -0.3 is 20.0 Å². The van der Waals surface area contributed by atoms with Gasteiger partial charge in [0.15, 0.2) is 11.3 Å². The van der Waals surface area contributed by atoms with E-state index in [1.165, 1.54) is 18.2 Å². The van der Waals surface area contributed by atoms with E-state index in [1.54, 1.807) is 42.7 Å². The highest BCUT2D eigenvalue weighted by Crippen LogP contribution is 2.44. The third kappa shape index (κ3) is 9.57. The van der Waals surface area contributed by atoms with Crippen molar-refractivity contribution in [3.8, 4) is 0 Å². The molecule has 0 spiro atoms. The van der Waals surface area contributed by atoms with Crippen molar-refractivity contribution >= 4 is 45.6 Å². The third-order valence-electron chi connectivity index (χ3n) is 11.2. The maximum Gasteiger partial charge on any atom is 0.416 e. The van der Waals surface area contributed by atoms with Gasteiger partial charge in [-0.1, -0.05) is 36.4 Å². The van der Waals surface area contributed by atoms with Gasteiger partial charge >= 0.3 is 12.4 Å². The lowest BCUT2D eigenvalue weighted by Gasteiger charge is -2.39. The number of hydrogen-bond acceptors (Lipinski definition) is 10. The normalized spacial score (nSPS) is 17.5. The molecule has 2 atom stereocenters. The second-order valence-electron chi connectivity index (χ2n) is 16.1. The Bertz CT molecular complexity index is 2440. The van der Waals surface area contributed by atoms with Crippen LogP contribution in [-0.4, -0.2) is 62.1 Å². The molecule has 0 radical (unpaired) electrons. The summed E-state index contributed by atoms with van der Waals surface area (Å²) in [6.45, 7) is 9.29. The Morgan fingerprint density at radius 2 is 1.08 bits per heavy atom. The number of nitrogens with zero attached hydrogens (tertiary/aromatic N) is 9. The van der Waals surface area contributed by atoms with Crippen molar-refractivity contribution < 1.29 is 26.3 Å². The predicted octanol–water partition coefficient (Wildman–Crippen LogP) is 11.2. The first-order chi connectivity index (χ1) is 29.1. The molecule has 0 amide bonds. The molecule has 4 aromatic heterocycles. The fourth-order valence-corrected chi connectivity index (χ4v) is 8.14. The van der Waals surface area contributed by atoms with Crippen LogP contribution in [0.1, 0.15) is 101 Å². The standard InChI is InChI=1S/C23H26F3N5.C22H24F3N5/c1-15(2)30(3)22-28-20-17(10-8-13-27-20)21(29-22)31-14-7-6-12-19(31)16-9-4-5-11-18(16)23(24,25)26;1-14(2)27-21-28-19-16(9-7-12-26-19)20(29-21)30-13-6-5-11-18(30)15-8-3-4-10-17(15)22(23,24)25/h4-5,8-11,13,15,19H,6-7,12,14H2,1-3H3;3-4,7-10,12,14,18H,5-6,11,13H2,1-2H3,(H,26,27,28,29). The minimum atomic E-state index is -4.40. The summed E-state index contributed by atoms with van der Waals surface area (Å²) in [6.07, 6.45) is -0.693. The average molecular weight is 845 g/mol. The van der Waals surface area contributed by atoms with Crippen LogP contribution in [0, 0.1) is 0 Å².